The molecule has 198 valence electrons. The van der Waals surface area contributed by atoms with E-state index in [0.717, 1.165) is 24.0 Å². The number of carbonyl (C=O) groups is 1. The highest BCUT2D eigenvalue weighted by Crippen LogP contribution is 2.42. The second-order valence-electron chi connectivity index (χ2n) is 9.16. The van der Waals surface area contributed by atoms with Crippen LogP contribution >= 0.6 is 0 Å². The van der Waals surface area contributed by atoms with Crippen molar-refractivity contribution < 1.29 is 19.4 Å². The summed E-state index contributed by atoms with van der Waals surface area (Å²) >= 11 is 0. The van der Waals surface area contributed by atoms with Crippen molar-refractivity contribution in [3.05, 3.63) is 114 Å². The van der Waals surface area contributed by atoms with Gasteiger partial charge < -0.3 is 14.6 Å². The minimum atomic E-state index is -1.22. The molecule has 2 atom stereocenters. The molecular formula is C31H35N3O4. The topological polar surface area (TPSA) is 92.2 Å². The molecular weight excluding hydrogens is 478 g/mol. The molecule has 1 aliphatic heterocycles. The third-order valence-electron chi connectivity index (χ3n) is 6.40. The standard InChI is InChI=1S/C31H35N3O4/c1-2-20-31(30(36)34-32-21-9-13-24-11-5-3-6-12-24)28(25-14-7-4-8-15-25)38-29(33-31)26-16-18-27(19-17-26)37-23-10-22-35/h2-8,11-12,14-19,28,32,35H,1,9-10,13,20-23H2,(H,34,36)/t28-,31-/m0/s1. The third kappa shape index (κ3) is 6.68. The maximum Gasteiger partial charge on any atom is 0.266 e. The zero-order valence-corrected chi connectivity index (χ0v) is 21.5. The normalized spacial score (nSPS) is 18.3. The van der Waals surface area contributed by atoms with Crippen molar-refractivity contribution in [2.45, 2.75) is 37.3 Å². The molecule has 3 aromatic carbocycles. The van der Waals surface area contributed by atoms with Crippen LogP contribution in [0, 0.1) is 0 Å². The fourth-order valence-electron chi connectivity index (χ4n) is 4.44. The van der Waals surface area contributed by atoms with Crippen LogP contribution in [-0.4, -0.2) is 42.2 Å². The first-order chi connectivity index (χ1) is 18.7. The van der Waals surface area contributed by atoms with E-state index < -0.39 is 11.6 Å². The van der Waals surface area contributed by atoms with Crippen LogP contribution < -0.4 is 15.6 Å². The highest BCUT2D eigenvalue weighted by atomic mass is 16.5. The van der Waals surface area contributed by atoms with Crippen LogP contribution in [0.25, 0.3) is 0 Å². The van der Waals surface area contributed by atoms with Crippen molar-refractivity contribution in [2.75, 3.05) is 19.8 Å². The highest BCUT2D eigenvalue weighted by Gasteiger charge is 2.52. The van der Waals surface area contributed by atoms with Crippen LogP contribution in [0.5, 0.6) is 5.75 Å². The molecule has 0 aliphatic carbocycles. The predicted octanol–water partition coefficient (Wildman–Crippen LogP) is 4.53. The van der Waals surface area contributed by atoms with Gasteiger partial charge in [-0.3, -0.25) is 10.2 Å². The molecule has 0 saturated heterocycles. The minimum absolute atomic E-state index is 0.0823. The number of rotatable bonds is 14. The lowest BCUT2D eigenvalue weighted by Gasteiger charge is -2.29. The Morgan fingerprint density at radius 3 is 2.42 bits per heavy atom. The molecule has 0 unspecified atom stereocenters. The number of hydrogen-bond donors (Lipinski definition) is 3. The van der Waals surface area contributed by atoms with Gasteiger partial charge in [0, 0.05) is 31.6 Å². The number of aliphatic hydroxyl groups excluding tert-OH is 1. The van der Waals surface area contributed by atoms with Gasteiger partial charge in [-0.15, -0.1) is 6.58 Å². The largest absolute Gasteiger partial charge is 0.494 e. The van der Waals surface area contributed by atoms with Gasteiger partial charge in [-0.05, 0) is 48.2 Å². The molecule has 0 aromatic heterocycles. The molecule has 0 bridgehead atoms. The highest BCUT2D eigenvalue weighted by molar-refractivity contribution is 6.01. The van der Waals surface area contributed by atoms with Crippen molar-refractivity contribution in [1.82, 2.24) is 10.9 Å². The molecule has 38 heavy (non-hydrogen) atoms. The quantitative estimate of drug-likeness (QED) is 0.167. The molecule has 1 aliphatic rings. The van der Waals surface area contributed by atoms with Crippen LogP contribution in [0.1, 0.15) is 42.1 Å². The third-order valence-corrected chi connectivity index (χ3v) is 6.40. The number of hydrazine groups is 1. The molecule has 0 saturated carbocycles. The first-order valence-electron chi connectivity index (χ1n) is 13.0. The number of aliphatic hydroxyl groups is 1. The second kappa shape index (κ2) is 13.6. The molecule has 0 fully saturated rings. The van der Waals surface area contributed by atoms with Gasteiger partial charge in [0.2, 0.25) is 5.90 Å². The fourth-order valence-corrected chi connectivity index (χ4v) is 4.44. The Labute approximate surface area is 224 Å². The average molecular weight is 514 g/mol. The summed E-state index contributed by atoms with van der Waals surface area (Å²) < 4.78 is 12.0. The SMILES string of the molecule is C=CC[C@]1(C(=O)NNCCCc2ccccc2)N=C(c2ccc(OCCCO)cc2)O[C@H]1c1ccccc1. The van der Waals surface area contributed by atoms with Gasteiger partial charge >= 0.3 is 0 Å². The summed E-state index contributed by atoms with van der Waals surface area (Å²) in [5.74, 6) is 0.807. The van der Waals surface area contributed by atoms with E-state index in [1.165, 1.54) is 5.56 Å². The smallest absolute Gasteiger partial charge is 0.266 e. The summed E-state index contributed by atoms with van der Waals surface area (Å²) in [5.41, 5.74) is 7.61. The maximum atomic E-state index is 13.7. The Morgan fingerprint density at radius 2 is 1.74 bits per heavy atom. The van der Waals surface area contributed by atoms with Crippen molar-refractivity contribution in [3.63, 3.8) is 0 Å². The van der Waals surface area contributed by atoms with E-state index in [1.54, 1.807) is 6.08 Å². The lowest BCUT2D eigenvalue weighted by molar-refractivity contribution is -0.129. The van der Waals surface area contributed by atoms with Gasteiger partial charge in [-0.1, -0.05) is 66.7 Å². The van der Waals surface area contributed by atoms with Crippen LogP contribution in [0.15, 0.2) is 103 Å². The van der Waals surface area contributed by atoms with E-state index in [4.69, 9.17) is 19.6 Å². The van der Waals surface area contributed by atoms with Gasteiger partial charge in [0.05, 0.1) is 6.61 Å². The number of amides is 1. The van der Waals surface area contributed by atoms with E-state index in [0.29, 0.717) is 37.6 Å². The van der Waals surface area contributed by atoms with Gasteiger partial charge in [0.15, 0.2) is 11.6 Å². The average Bonchev–Trinajstić information content (AvgIpc) is 3.35. The van der Waals surface area contributed by atoms with Crippen LogP contribution in [0.2, 0.25) is 0 Å². The number of hydrogen-bond acceptors (Lipinski definition) is 6. The molecule has 7 heteroatoms. The Morgan fingerprint density at radius 1 is 1.03 bits per heavy atom. The monoisotopic (exact) mass is 513 g/mol. The van der Waals surface area contributed by atoms with Crippen LogP contribution in [-0.2, 0) is 16.0 Å². The Kier molecular flexibility index (Phi) is 9.67. The van der Waals surface area contributed by atoms with E-state index in [9.17, 15) is 4.79 Å². The zero-order valence-electron chi connectivity index (χ0n) is 21.5. The molecule has 1 heterocycles. The molecule has 3 N–H and O–H groups in total. The number of aliphatic imine (C=N–C) groups is 1. The summed E-state index contributed by atoms with van der Waals surface area (Å²) in [6.07, 6.45) is 3.74. The van der Waals surface area contributed by atoms with E-state index >= 15 is 0 Å². The Balaban J connectivity index is 1.51. The number of aryl methyl sites for hydroxylation is 1. The van der Waals surface area contributed by atoms with E-state index in [2.05, 4.69) is 29.6 Å². The summed E-state index contributed by atoms with van der Waals surface area (Å²) in [5, 5.41) is 8.96. The van der Waals surface area contributed by atoms with Crippen molar-refractivity contribution >= 4 is 11.8 Å². The van der Waals surface area contributed by atoms with Crippen molar-refractivity contribution in [1.29, 1.82) is 0 Å². The number of nitrogens with zero attached hydrogens (tertiary/aromatic N) is 1. The van der Waals surface area contributed by atoms with Crippen molar-refractivity contribution in [3.8, 4) is 5.75 Å². The van der Waals surface area contributed by atoms with Crippen molar-refractivity contribution in [2.24, 2.45) is 4.99 Å². The molecule has 7 nitrogen and oxygen atoms in total. The summed E-state index contributed by atoms with van der Waals surface area (Å²) in [4.78, 5) is 18.6. The first-order valence-corrected chi connectivity index (χ1v) is 13.0. The molecule has 1 amide bonds. The Bertz CT molecular complexity index is 1200. The van der Waals surface area contributed by atoms with E-state index in [-0.39, 0.29) is 12.5 Å². The van der Waals surface area contributed by atoms with E-state index in [1.807, 2.05) is 72.8 Å². The van der Waals surface area contributed by atoms with Gasteiger partial charge in [0.25, 0.3) is 5.91 Å². The van der Waals surface area contributed by atoms with Gasteiger partial charge in [-0.25, -0.2) is 10.4 Å². The minimum Gasteiger partial charge on any atom is -0.494 e. The second-order valence-corrected chi connectivity index (χ2v) is 9.16. The summed E-state index contributed by atoms with van der Waals surface area (Å²) in [7, 11) is 0. The zero-order chi connectivity index (χ0) is 26.6. The number of benzene rings is 3. The summed E-state index contributed by atoms with van der Waals surface area (Å²) in [6.45, 7) is 5.05. The maximum absolute atomic E-state index is 13.7. The Hall–Kier alpha value is -3.94. The number of nitrogens with one attached hydrogen (secondary N) is 2. The van der Waals surface area contributed by atoms with Gasteiger partial charge in [-0.2, -0.15) is 0 Å². The fraction of sp³-hybridized carbons (Fsp3) is 0.290. The predicted molar refractivity (Wildman–Crippen MR) is 149 cm³/mol. The van der Waals surface area contributed by atoms with Crippen LogP contribution in [0.4, 0.5) is 0 Å². The van der Waals surface area contributed by atoms with Crippen LogP contribution in [0.3, 0.4) is 0 Å². The lowest BCUT2D eigenvalue weighted by Crippen LogP contribution is -2.52. The number of ether oxygens (including phenoxy) is 2. The molecule has 4 rings (SSSR count). The number of carbonyl (C=O) groups excluding carboxylic acids is 1. The van der Waals surface area contributed by atoms with Gasteiger partial charge in [0.1, 0.15) is 5.75 Å². The molecule has 3 aromatic rings. The summed E-state index contributed by atoms with van der Waals surface area (Å²) in [6, 6.07) is 27.3. The molecule has 0 radical (unpaired) electrons. The first kappa shape index (κ1) is 27.1. The molecule has 0 spiro atoms. The lowest BCUT2D eigenvalue weighted by atomic mass is 9.84.